The van der Waals surface area contributed by atoms with Crippen molar-refractivity contribution in [3.63, 3.8) is 0 Å². The molecule has 2 saturated heterocycles. The van der Waals surface area contributed by atoms with E-state index in [1.807, 2.05) is 26.8 Å². The third kappa shape index (κ3) is 6.13. The molecule has 2 aromatic rings. The molecule has 0 spiro atoms. The van der Waals surface area contributed by atoms with Crippen LogP contribution in [0.2, 0.25) is 0 Å². The number of furan rings is 1. The van der Waals surface area contributed by atoms with Gasteiger partial charge in [-0.1, -0.05) is 0 Å². The van der Waals surface area contributed by atoms with Gasteiger partial charge in [0.1, 0.15) is 0 Å². The Balaban J connectivity index is 1.53. The number of piperazine rings is 1. The maximum absolute atomic E-state index is 13.5. The SMILES string of the molecule is CC(C)(C)NC(=O)N1CCN(c2ccc(NC(=O)c3ccco3)cc2C(=O)N2CCOCC2)CC1. The average Bonchev–Trinajstić information content (AvgIpc) is 3.38. The van der Waals surface area contributed by atoms with E-state index in [1.165, 1.54) is 6.26 Å². The number of rotatable bonds is 4. The molecule has 0 radical (unpaired) electrons. The van der Waals surface area contributed by atoms with E-state index in [0.29, 0.717) is 63.7 Å². The van der Waals surface area contributed by atoms with Crippen molar-refractivity contribution >= 4 is 29.2 Å². The second-order valence-corrected chi connectivity index (χ2v) is 9.72. The summed E-state index contributed by atoms with van der Waals surface area (Å²) in [6.07, 6.45) is 1.44. The van der Waals surface area contributed by atoms with Gasteiger partial charge in [-0.15, -0.1) is 0 Å². The van der Waals surface area contributed by atoms with E-state index < -0.39 is 0 Å². The lowest BCUT2D eigenvalue weighted by molar-refractivity contribution is 0.0303. The molecule has 2 N–H and O–H groups in total. The summed E-state index contributed by atoms with van der Waals surface area (Å²) in [6, 6.07) is 8.50. The van der Waals surface area contributed by atoms with Crippen LogP contribution in [0.5, 0.6) is 0 Å². The number of benzene rings is 1. The Morgan fingerprint density at radius 1 is 0.914 bits per heavy atom. The molecule has 10 nitrogen and oxygen atoms in total. The van der Waals surface area contributed by atoms with E-state index in [1.54, 1.807) is 34.1 Å². The largest absolute Gasteiger partial charge is 0.459 e. The smallest absolute Gasteiger partial charge is 0.317 e. The molecule has 35 heavy (non-hydrogen) atoms. The van der Waals surface area contributed by atoms with Crippen molar-refractivity contribution in [1.82, 2.24) is 15.1 Å². The van der Waals surface area contributed by atoms with Gasteiger partial charge < -0.3 is 34.5 Å². The van der Waals surface area contributed by atoms with E-state index in [4.69, 9.17) is 9.15 Å². The number of ether oxygens (including phenoxy) is 1. The van der Waals surface area contributed by atoms with Gasteiger partial charge in [0.05, 0.1) is 25.0 Å². The van der Waals surface area contributed by atoms with Crippen LogP contribution in [-0.4, -0.2) is 85.7 Å². The van der Waals surface area contributed by atoms with Crippen LogP contribution in [0, 0.1) is 0 Å². The molecule has 4 rings (SSSR count). The fraction of sp³-hybridized carbons (Fsp3) is 0.480. The highest BCUT2D eigenvalue weighted by molar-refractivity contribution is 6.05. The van der Waals surface area contributed by atoms with E-state index in [2.05, 4.69) is 15.5 Å². The molecule has 2 fully saturated rings. The van der Waals surface area contributed by atoms with Crippen LogP contribution in [0.1, 0.15) is 41.7 Å². The molecule has 10 heteroatoms. The topological polar surface area (TPSA) is 107 Å². The number of anilines is 2. The molecule has 0 aliphatic carbocycles. The molecule has 1 aromatic heterocycles. The number of carbonyl (C=O) groups excluding carboxylic acids is 3. The second-order valence-electron chi connectivity index (χ2n) is 9.72. The minimum absolute atomic E-state index is 0.0854. The Labute approximate surface area is 205 Å². The summed E-state index contributed by atoms with van der Waals surface area (Å²) in [5.41, 5.74) is 1.50. The highest BCUT2D eigenvalue weighted by atomic mass is 16.5. The summed E-state index contributed by atoms with van der Waals surface area (Å²) in [5.74, 6) is -0.295. The van der Waals surface area contributed by atoms with Gasteiger partial charge in [0.15, 0.2) is 5.76 Å². The maximum atomic E-state index is 13.5. The summed E-state index contributed by atoms with van der Waals surface area (Å²) in [6.45, 7) is 10.2. The Bertz CT molecular complexity index is 1050. The molecule has 1 aromatic carbocycles. The quantitative estimate of drug-likeness (QED) is 0.692. The minimum atomic E-state index is -0.383. The van der Waals surface area contributed by atoms with Crippen LogP contribution in [0.4, 0.5) is 16.2 Å². The number of nitrogens with zero attached hydrogens (tertiary/aromatic N) is 3. The predicted molar refractivity (Wildman–Crippen MR) is 132 cm³/mol. The molecule has 188 valence electrons. The van der Waals surface area contributed by atoms with Gasteiger partial charge >= 0.3 is 6.03 Å². The normalized spacial score (nSPS) is 16.7. The van der Waals surface area contributed by atoms with Crippen LogP contribution >= 0.6 is 0 Å². The second kappa shape index (κ2) is 10.4. The number of amides is 4. The number of hydrogen-bond donors (Lipinski definition) is 2. The van der Waals surface area contributed by atoms with E-state index in [9.17, 15) is 14.4 Å². The zero-order chi connectivity index (χ0) is 25.0. The summed E-state index contributed by atoms with van der Waals surface area (Å²) in [7, 11) is 0. The Kier molecular flexibility index (Phi) is 7.30. The molecular weight excluding hydrogens is 450 g/mol. The highest BCUT2D eigenvalue weighted by Crippen LogP contribution is 2.28. The van der Waals surface area contributed by atoms with Gasteiger partial charge in [-0.25, -0.2) is 4.79 Å². The van der Waals surface area contributed by atoms with Crippen molar-refractivity contribution in [3.05, 3.63) is 47.9 Å². The Hall–Kier alpha value is -3.53. The minimum Gasteiger partial charge on any atom is -0.459 e. The summed E-state index contributed by atoms with van der Waals surface area (Å²) in [5, 5.41) is 5.81. The zero-order valence-corrected chi connectivity index (χ0v) is 20.5. The summed E-state index contributed by atoms with van der Waals surface area (Å²) < 4.78 is 10.6. The van der Waals surface area contributed by atoms with Gasteiger partial charge in [-0.3, -0.25) is 9.59 Å². The number of urea groups is 1. The monoisotopic (exact) mass is 483 g/mol. The van der Waals surface area contributed by atoms with E-state index >= 15 is 0 Å². The van der Waals surface area contributed by atoms with Gasteiger partial charge in [0.2, 0.25) is 0 Å². The molecule has 0 atom stereocenters. The van der Waals surface area contributed by atoms with Crippen LogP contribution in [0.3, 0.4) is 0 Å². The van der Waals surface area contributed by atoms with Crippen molar-refractivity contribution in [1.29, 1.82) is 0 Å². The molecule has 3 heterocycles. The maximum Gasteiger partial charge on any atom is 0.317 e. The van der Waals surface area contributed by atoms with Crippen LogP contribution in [0.15, 0.2) is 41.0 Å². The van der Waals surface area contributed by atoms with Crippen molar-refractivity contribution in [3.8, 4) is 0 Å². The van der Waals surface area contributed by atoms with Crippen LogP contribution in [-0.2, 0) is 4.74 Å². The fourth-order valence-corrected chi connectivity index (χ4v) is 4.15. The standard InChI is InChI=1S/C25H33N5O5/c1-25(2,3)27-24(33)30-10-8-28(9-11-30)20-7-6-18(26-22(31)21-5-4-14-35-21)17-19(20)23(32)29-12-15-34-16-13-29/h4-7,14,17H,8-13,15-16H2,1-3H3,(H,26,31)(H,27,33). The highest BCUT2D eigenvalue weighted by Gasteiger charge is 2.28. The molecule has 0 saturated carbocycles. The Morgan fingerprint density at radius 2 is 1.63 bits per heavy atom. The van der Waals surface area contributed by atoms with Crippen molar-refractivity contribution in [2.75, 3.05) is 62.7 Å². The van der Waals surface area contributed by atoms with Gasteiger partial charge in [-0.05, 0) is 51.1 Å². The summed E-state index contributed by atoms with van der Waals surface area (Å²) in [4.78, 5) is 44.2. The lowest BCUT2D eigenvalue weighted by Gasteiger charge is -2.38. The zero-order valence-electron chi connectivity index (χ0n) is 20.5. The molecule has 2 aliphatic rings. The Morgan fingerprint density at radius 3 is 2.26 bits per heavy atom. The molecule has 0 bridgehead atoms. The van der Waals surface area contributed by atoms with Gasteiger partial charge in [0.25, 0.3) is 11.8 Å². The first-order chi connectivity index (χ1) is 16.7. The first-order valence-corrected chi connectivity index (χ1v) is 11.9. The number of morpholine rings is 1. The van der Waals surface area contributed by atoms with Crippen LogP contribution < -0.4 is 15.5 Å². The first-order valence-electron chi connectivity index (χ1n) is 11.9. The lowest BCUT2D eigenvalue weighted by atomic mass is 10.1. The third-order valence-electron chi connectivity index (χ3n) is 5.92. The predicted octanol–water partition coefficient (Wildman–Crippen LogP) is 2.63. The lowest BCUT2D eigenvalue weighted by Crippen LogP contribution is -2.55. The molecule has 2 aliphatic heterocycles. The third-order valence-corrected chi connectivity index (χ3v) is 5.92. The van der Waals surface area contributed by atoms with E-state index in [-0.39, 0.29) is 29.1 Å². The molecular formula is C25H33N5O5. The number of carbonyl (C=O) groups is 3. The summed E-state index contributed by atoms with van der Waals surface area (Å²) >= 11 is 0. The van der Waals surface area contributed by atoms with Crippen molar-refractivity contribution in [2.45, 2.75) is 26.3 Å². The van der Waals surface area contributed by atoms with Crippen molar-refractivity contribution in [2.24, 2.45) is 0 Å². The van der Waals surface area contributed by atoms with E-state index in [0.717, 1.165) is 5.69 Å². The number of hydrogen-bond acceptors (Lipinski definition) is 6. The molecule has 0 unspecified atom stereocenters. The average molecular weight is 484 g/mol. The van der Waals surface area contributed by atoms with Crippen LogP contribution in [0.25, 0.3) is 0 Å². The van der Waals surface area contributed by atoms with Gasteiger partial charge in [-0.2, -0.15) is 0 Å². The van der Waals surface area contributed by atoms with Crippen molar-refractivity contribution < 1.29 is 23.5 Å². The first kappa shape index (κ1) is 24.6. The van der Waals surface area contributed by atoms with Gasteiger partial charge in [0, 0.05) is 56.2 Å². The fourth-order valence-electron chi connectivity index (χ4n) is 4.15. The number of nitrogens with one attached hydrogen (secondary N) is 2. The molecule has 4 amide bonds.